The molecule has 4 nitrogen and oxygen atoms in total. The number of nitrogens with zero attached hydrogens (tertiary/aromatic N) is 2. The molecule has 15 heavy (non-hydrogen) atoms. The number of morpholine rings is 2. The second-order valence-electron chi connectivity index (χ2n) is 4.15. The number of rotatable bonds is 1. The van der Waals surface area contributed by atoms with E-state index in [9.17, 15) is 0 Å². The Kier molecular flexibility index (Phi) is 2.31. The third-order valence-corrected chi connectivity index (χ3v) is 3.00. The molecule has 3 rings (SSSR count). The second kappa shape index (κ2) is 3.79. The number of anilines is 1. The average Bonchev–Trinajstić information content (AvgIpc) is 2.30. The molecule has 2 saturated heterocycles. The average molecular weight is 205 g/mol. The highest BCUT2D eigenvalue weighted by Gasteiger charge is 2.30. The van der Waals surface area contributed by atoms with Crippen molar-refractivity contribution in [2.45, 2.75) is 12.2 Å². The zero-order valence-corrected chi connectivity index (χ0v) is 8.60. The summed E-state index contributed by atoms with van der Waals surface area (Å²) in [7, 11) is 0. The molecule has 2 bridgehead atoms. The third kappa shape index (κ3) is 1.82. The van der Waals surface area contributed by atoms with Crippen molar-refractivity contribution in [2.24, 2.45) is 0 Å². The SMILES string of the molecule is c1cc(N2CC3CNCC(C2)O3)ccn1. The summed E-state index contributed by atoms with van der Waals surface area (Å²) in [5.41, 5.74) is 1.25. The molecule has 4 heteroatoms. The summed E-state index contributed by atoms with van der Waals surface area (Å²) in [6.45, 7) is 3.90. The number of fused-ring (bicyclic) bond motifs is 2. The molecule has 0 aliphatic carbocycles. The maximum Gasteiger partial charge on any atom is 0.0879 e. The highest BCUT2D eigenvalue weighted by molar-refractivity contribution is 5.45. The van der Waals surface area contributed by atoms with Crippen LogP contribution in [0.15, 0.2) is 24.5 Å². The van der Waals surface area contributed by atoms with Crippen LogP contribution in [0.3, 0.4) is 0 Å². The van der Waals surface area contributed by atoms with Gasteiger partial charge in [-0.25, -0.2) is 0 Å². The molecule has 1 aromatic rings. The Bertz CT molecular complexity index is 318. The number of pyridine rings is 1. The number of nitrogens with one attached hydrogen (secondary N) is 1. The molecular formula is C11H15N3O. The van der Waals surface area contributed by atoms with Gasteiger partial charge in [-0.05, 0) is 12.1 Å². The Labute approximate surface area is 89.3 Å². The molecule has 0 spiro atoms. The zero-order chi connectivity index (χ0) is 10.1. The fourth-order valence-corrected chi connectivity index (χ4v) is 2.32. The van der Waals surface area contributed by atoms with E-state index in [-0.39, 0.29) is 0 Å². The van der Waals surface area contributed by atoms with Crippen molar-refractivity contribution in [3.8, 4) is 0 Å². The van der Waals surface area contributed by atoms with Crippen LogP contribution >= 0.6 is 0 Å². The van der Waals surface area contributed by atoms with Gasteiger partial charge in [0.1, 0.15) is 0 Å². The van der Waals surface area contributed by atoms with E-state index in [1.807, 2.05) is 12.4 Å². The fraction of sp³-hybridized carbons (Fsp3) is 0.545. The third-order valence-electron chi connectivity index (χ3n) is 3.00. The summed E-state index contributed by atoms with van der Waals surface area (Å²) in [6.07, 6.45) is 4.37. The van der Waals surface area contributed by atoms with Gasteiger partial charge in [0.25, 0.3) is 0 Å². The van der Waals surface area contributed by atoms with Crippen LogP contribution in [0.2, 0.25) is 0 Å². The largest absolute Gasteiger partial charge is 0.369 e. The maximum atomic E-state index is 5.85. The summed E-state index contributed by atoms with van der Waals surface area (Å²) in [4.78, 5) is 6.43. The van der Waals surface area contributed by atoms with Crippen molar-refractivity contribution in [1.29, 1.82) is 0 Å². The monoisotopic (exact) mass is 205 g/mol. The van der Waals surface area contributed by atoms with Crippen molar-refractivity contribution < 1.29 is 4.74 Å². The van der Waals surface area contributed by atoms with E-state index in [1.165, 1.54) is 5.69 Å². The Morgan fingerprint density at radius 3 is 2.53 bits per heavy atom. The molecule has 1 N–H and O–H groups in total. The van der Waals surface area contributed by atoms with Gasteiger partial charge in [-0.3, -0.25) is 4.98 Å². The molecule has 80 valence electrons. The van der Waals surface area contributed by atoms with E-state index in [2.05, 4.69) is 27.3 Å². The maximum absolute atomic E-state index is 5.85. The van der Waals surface area contributed by atoms with Crippen molar-refractivity contribution >= 4 is 5.69 Å². The number of aromatic nitrogens is 1. The molecule has 0 saturated carbocycles. The van der Waals surface area contributed by atoms with E-state index in [1.54, 1.807) is 0 Å². The van der Waals surface area contributed by atoms with Crippen LogP contribution in [-0.4, -0.2) is 43.4 Å². The standard InChI is InChI=1S/C11H15N3O/c1-3-12-4-2-9(1)14-7-10-5-13-6-11(8-14)15-10/h1-4,10-11,13H,5-8H2. The van der Waals surface area contributed by atoms with E-state index < -0.39 is 0 Å². The predicted octanol–water partition coefficient (Wildman–Crippen LogP) is 0.259. The minimum Gasteiger partial charge on any atom is -0.369 e. The molecular weight excluding hydrogens is 190 g/mol. The van der Waals surface area contributed by atoms with Gasteiger partial charge in [0, 0.05) is 44.3 Å². The number of hydrogen-bond acceptors (Lipinski definition) is 4. The smallest absolute Gasteiger partial charge is 0.0879 e. The van der Waals surface area contributed by atoms with Gasteiger partial charge >= 0.3 is 0 Å². The Hall–Kier alpha value is -1.13. The van der Waals surface area contributed by atoms with Crippen LogP contribution in [0, 0.1) is 0 Å². The van der Waals surface area contributed by atoms with Crippen LogP contribution in [0.4, 0.5) is 5.69 Å². The fourth-order valence-electron chi connectivity index (χ4n) is 2.32. The summed E-state index contributed by atoms with van der Waals surface area (Å²) < 4.78 is 5.85. The molecule has 3 heterocycles. The van der Waals surface area contributed by atoms with Crippen LogP contribution < -0.4 is 10.2 Å². The molecule has 2 aliphatic heterocycles. The van der Waals surface area contributed by atoms with Crippen LogP contribution in [-0.2, 0) is 4.74 Å². The van der Waals surface area contributed by atoms with Crippen LogP contribution in [0.5, 0.6) is 0 Å². The first-order chi connectivity index (χ1) is 7.42. The first kappa shape index (κ1) is 9.12. The first-order valence-electron chi connectivity index (χ1n) is 5.43. The van der Waals surface area contributed by atoms with E-state index in [4.69, 9.17) is 4.74 Å². The number of hydrogen-bond donors (Lipinski definition) is 1. The van der Waals surface area contributed by atoms with E-state index in [0.717, 1.165) is 26.2 Å². The lowest BCUT2D eigenvalue weighted by Gasteiger charge is -2.42. The molecule has 1 aromatic heterocycles. The van der Waals surface area contributed by atoms with Crippen LogP contribution in [0.1, 0.15) is 0 Å². The van der Waals surface area contributed by atoms with Gasteiger partial charge in [0.05, 0.1) is 12.2 Å². The van der Waals surface area contributed by atoms with Crippen molar-refractivity contribution in [3.05, 3.63) is 24.5 Å². The molecule has 2 aliphatic rings. The van der Waals surface area contributed by atoms with Gasteiger partial charge in [-0.15, -0.1) is 0 Å². The summed E-state index contributed by atoms with van der Waals surface area (Å²) in [5, 5.41) is 3.39. The lowest BCUT2D eigenvalue weighted by molar-refractivity contribution is -0.0483. The van der Waals surface area contributed by atoms with Gasteiger partial charge in [-0.1, -0.05) is 0 Å². The summed E-state index contributed by atoms with van der Waals surface area (Å²) in [6, 6.07) is 4.13. The van der Waals surface area contributed by atoms with Gasteiger partial charge in [0.15, 0.2) is 0 Å². The second-order valence-corrected chi connectivity index (χ2v) is 4.15. The summed E-state index contributed by atoms with van der Waals surface area (Å²) in [5.74, 6) is 0. The zero-order valence-electron chi connectivity index (χ0n) is 8.60. The number of ether oxygens (including phenoxy) is 1. The molecule has 2 atom stereocenters. The lowest BCUT2D eigenvalue weighted by Crippen LogP contribution is -2.58. The van der Waals surface area contributed by atoms with E-state index in [0.29, 0.717) is 12.2 Å². The highest BCUT2D eigenvalue weighted by atomic mass is 16.5. The molecule has 0 radical (unpaired) electrons. The molecule has 0 aromatic carbocycles. The highest BCUT2D eigenvalue weighted by Crippen LogP contribution is 2.20. The van der Waals surface area contributed by atoms with Crippen LogP contribution in [0.25, 0.3) is 0 Å². The lowest BCUT2D eigenvalue weighted by atomic mass is 10.1. The topological polar surface area (TPSA) is 37.4 Å². The van der Waals surface area contributed by atoms with Crippen molar-refractivity contribution in [2.75, 3.05) is 31.1 Å². The van der Waals surface area contributed by atoms with Gasteiger partial charge in [0.2, 0.25) is 0 Å². The summed E-state index contributed by atoms with van der Waals surface area (Å²) >= 11 is 0. The van der Waals surface area contributed by atoms with Crippen molar-refractivity contribution in [1.82, 2.24) is 10.3 Å². The van der Waals surface area contributed by atoms with Crippen molar-refractivity contribution in [3.63, 3.8) is 0 Å². The minimum absolute atomic E-state index is 0.339. The predicted molar refractivity (Wildman–Crippen MR) is 58.0 cm³/mol. The molecule has 0 amide bonds. The Balaban J connectivity index is 1.78. The molecule has 2 unspecified atom stereocenters. The molecule has 2 fully saturated rings. The van der Waals surface area contributed by atoms with Gasteiger partial charge in [-0.2, -0.15) is 0 Å². The minimum atomic E-state index is 0.339. The Morgan fingerprint density at radius 1 is 1.20 bits per heavy atom. The van der Waals surface area contributed by atoms with E-state index >= 15 is 0 Å². The Morgan fingerprint density at radius 2 is 1.87 bits per heavy atom. The normalized spacial score (nSPS) is 30.3. The van der Waals surface area contributed by atoms with Gasteiger partial charge < -0.3 is 15.0 Å². The first-order valence-corrected chi connectivity index (χ1v) is 5.43. The quantitative estimate of drug-likeness (QED) is 0.713.